The van der Waals surface area contributed by atoms with E-state index in [9.17, 15) is 0 Å². The van der Waals surface area contributed by atoms with Crippen molar-refractivity contribution in [2.75, 3.05) is 19.5 Å². The van der Waals surface area contributed by atoms with Gasteiger partial charge in [-0.2, -0.15) is 0 Å². The fraction of sp³-hybridized carbons (Fsp3) is 0.200. The summed E-state index contributed by atoms with van der Waals surface area (Å²) in [4.78, 5) is 1.22. The molecular formula is C15H15BrO2S. The monoisotopic (exact) mass is 338 g/mol. The molecule has 0 heterocycles. The summed E-state index contributed by atoms with van der Waals surface area (Å²) in [7, 11) is 1.67. The minimum atomic E-state index is 0.693. The highest BCUT2D eigenvalue weighted by Crippen LogP contribution is 2.21. The standard InChI is InChI=1S/C15H15BrO2S/c1-17-13-6-8-15(9-7-13)19-11-10-18-14-4-2-12(16)3-5-14/h2-9H,10-11H2,1H3. The van der Waals surface area contributed by atoms with Gasteiger partial charge in [-0.05, 0) is 48.5 Å². The number of methoxy groups -OCH3 is 1. The highest BCUT2D eigenvalue weighted by Gasteiger charge is 1.97. The van der Waals surface area contributed by atoms with E-state index in [0.717, 1.165) is 21.7 Å². The average Bonchev–Trinajstić information content (AvgIpc) is 2.46. The van der Waals surface area contributed by atoms with Crippen molar-refractivity contribution < 1.29 is 9.47 Å². The molecule has 100 valence electrons. The van der Waals surface area contributed by atoms with Gasteiger partial charge in [0.15, 0.2) is 0 Å². The van der Waals surface area contributed by atoms with Crippen LogP contribution in [0.25, 0.3) is 0 Å². The number of hydrogen-bond donors (Lipinski definition) is 0. The van der Waals surface area contributed by atoms with E-state index in [-0.39, 0.29) is 0 Å². The van der Waals surface area contributed by atoms with Crippen LogP contribution >= 0.6 is 27.7 Å². The van der Waals surface area contributed by atoms with Crippen molar-refractivity contribution in [3.05, 3.63) is 53.0 Å². The average molecular weight is 339 g/mol. The minimum absolute atomic E-state index is 0.693. The molecule has 0 bridgehead atoms. The zero-order chi connectivity index (χ0) is 13.5. The zero-order valence-electron chi connectivity index (χ0n) is 10.6. The molecule has 0 aliphatic carbocycles. The third kappa shape index (κ3) is 4.80. The fourth-order valence-corrected chi connectivity index (χ4v) is 2.52. The Morgan fingerprint density at radius 3 is 2.21 bits per heavy atom. The molecular weight excluding hydrogens is 324 g/mol. The zero-order valence-corrected chi connectivity index (χ0v) is 13.0. The number of hydrogen-bond acceptors (Lipinski definition) is 3. The quantitative estimate of drug-likeness (QED) is 0.565. The van der Waals surface area contributed by atoms with Crippen molar-refractivity contribution in [1.29, 1.82) is 0 Å². The van der Waals surface area contributed by atoms with E-state index in [1.54, 1.807) is 18.9 Å². The van der Waals surface area contributed by atoms with Crippen LogP contribution in [-0.4, -0.2) is 19.5 Å². The van der Waals surface area contributed by atoms with Crippen LogP contribution in [0.4, 0.5) is 0 Å². The Morgan fingerprint density at radius 2 is 1.58 bits per heavy atom. The molecule has 4 heteroatoms. The van der Waals surface area contributed by atoms with E-state index in [2.05, 4.69) is 28.1 Å². The van der Waals surface area contributed by atoms with Gasteiger partial charge >= 0.3 is 0 Å². The van der Waals surface area contributed by atoms with Crippen molar-refractivity contribution in [3.8, 4) is 11.5 Å². The highest BCUT2D eigenvalue weighted by atomic mass is 79.9. The van der Waals surface area contributed by atoms with E-state index in [1.807, 2.05) is 36.4 Å². The predicted octanol–water partition coefficient (Wildman–Crippen LogP) is 4.63. The molecule has 0 N–H and O–H groups in total. The van der Waals surface area contributed by atoms with E-state index >= 15 is 0 Å². The molecule has 0 saturated carbocycles. The van der Waals surface area contributed by atoms with Gasteiger partial charge in [-0.15, -0.1) is 11.8 Å². The summed E-state index contributed by atoms with van der Waals surface area (Å²) < 4.78 is 11.8. The first-order valence-corrected chi connectivity index (χ1v) is 7.71. The van der Waals surface area contributed by atoms with Gasteiger partial charge in [-0.3, -0.25) is 0 Å². The molecule has 0 fully saturated rings. The van der Waals surface area contributed by atoms with Crippen LogP contribution in [0.2, 0.25) is 0 Å². The van der Waals surface area contributed by atoms with E-state index < -0.39 is 0 Å². The summed E-state index contributed by atoms with van der Waals surface area (Å²) in [5, 5.41) is 0. The van der Waals surface area contributed by atoms with Crippen LogP contribution in [-0.2, 0) is 0 Å². The first kappa shape index (κ1) is 14.3. The first-order valence-electron chi connectivity index (χ1n) is 5.93. The molecule has 2 nitrogen and oxygen atoms in total. The molecule has 2 aromatic carbocycles. The molecule has 0 atom stereocenters. The van der Waals surface area contributed by atoms with Crippen LogP contribution < -0.4 is 9.47 Å². The summed E-state index contributed by atoms with van der Waals surface area (Å²) in [6.07, 6.45) is 0. The van der Waals surface area contributed by atoms with Gasteiger partial charge in [0.25, 0.3) is 0 Å². The SMILES string of the molecule is COc1ccc(SCCOc2ccc(Br)cc2)cc1. The second kappa shape index (κ2) is 7.46. The van der Waals surface area contributed by atoms with Gasteiger partial charge in [-0.1, -0.05) is 15.9 Å². The summed E-state index contributed by atoms with van der Waals surface area (Å²) in [6.45, 7) is 0.693. The second-order valence-electron chi connectivity index (χ2n) is 3.83. The van der Waals surface area contributed by atoms with Gasteiger partial charge < -0.3 is 9.47 Å². The molecule has 0 spiro atoms. The topological polar surface area (TPSA) is 18.5 Å². The molecule has 2 rings (SSSR count). The van der Waals surface area contributed by atoms with Gasteiger partial charge in [0, 0.05) is 15.1 Å². The van der Waals surface area contributed by atoms with Crippen LogP contribution in [0.1, 0.15) is 0 Å². The molecule has 0 aliphatic rings. The Bertz CT molecular complexity index is 497. The van der Waals surface area contributed by atoms with Crippen molar-refractivity contribution in [3.63, 3.8) is 0 Å². The van der Waals surface area contributed by atoms with Crippen molar-refractivity contribution in [1.82, 2.24) is 0 Å². The molecule has 0 aromatic heterocycles. The lowest BCUT2D eigenvalue weighted by Crippen LogP contribution is -1.99. The van der Waals surface area contributed by atoms with Crippen LogP contribution in [0, 0.1) is 0 Å². The lowest BCUT2D eigenvalue weighted by atomic mass is 10.3. The van der Waals surface area contributed by atoms with Gasteiger partial charge in [0.1, 0.15) is 11.5 Å². The molecule has 0 radical (unpaired) electrons. The minimum Gasteiger partial charge on any atom is -0.497 e. The number of benzene rings is 2. The Hall–Kier alpha value is -1.13. The fourth-order valence-electron chi connectivity index (χ4n) is 1.52. The number of ether oxygens (including phenoxy) is 2. The van der Waals surface area contributed by atoms with E-state index in [0.29, 0.717) is 6.61 Å². The highest BCUT2D eigenvalue weighted by molar-refractivity contribution is 9.10. The predicted molar refractivity (Wildman–Crippen MR) is 83.4 cm³/mol. The number of halogens is 1. The normalized spacial score (nSPS) is 10.2. The molecule has 2 aromatic rings. The number of rotatable bonds is 6. The summed E-state index contributed by atoms with van der Waals surface area (Å²) in [5.74, 6) is 2.71. The van der Waals surface area contributed by atoms with Crippen LogP contribution in [0.15, 0.2) is 57.9 Å². The van der Waals surface area contributed by atoms with Crippen LogP contribution in [0.5, 0.6) is 11.5 Å². The van der Waals surface area contributed by atoms with Crippen molar-refractivity contribution in [2.24, 2.45) is 0 Å². The third-order valence-electron chi connectivity index (χ3n) is 2.49. The molecule has 0 unspecified atom stereocenters. The lowest BCUT2D eigenvalue weighted by molar-refractivity contribution is 0.344. The smallest absolute Gasteiger partial charge is 0.119 e. The first-order chi connectivity index (χ1) is 9.28. The number of thioether (sulfide) groups is 1. The van der Waals surface area contributed by atoms with Crippen molar-refractivity contribution >= 4 is 27.7 Å². The molecule has 0 saturated heterocycles. The molecule has 0 aliphatic heterocycles. The van der Waals surface area contributed by atoms with Gasteiger partial charge in [0.05, 0.1) is 13.7 Å². The summed E-state index contributed by atoms with van der Waals surface area (Å²) in [6, 6.07) is 15.9. The van der Waals surface area contributed by atoms with Gasteiger partial charge in [0.2, 0.25) is 0 Å². The maximum absolute atomic E-state index is 5.66. The Morgan fingerprint density at radius 1 is 0.947 bits per heavy atom. The Kier molecular flexibility index (Phi) is 5.61. The second-order valence-corrected chi connectivity index (χ2v) is 5.91. The molecule has 0 amide bonds. The Labute approximate surface area is 126 Å². The maximum Gasteiger partial charge on any atom is 0.119 e. The summed E-state index contributed by atoms with van der Waals surface area (Å²) >= 11 is 5.17. The third-order valence-corrected chi connectivity index (χ3v) is 4.00. The van der Waals surface area contributed by atoms with Crippen molar-refractivity contribution in [2.45, 2.75) is 4.90 Å². The maximum atomic E-state index is 5.66. The lowest BCUT2D eigenvalue weighted by Gasteiger charge is -2.06. The molecule has 19 heavy (non-hydrogen) atoms. The van der Waals surface area contributed by atoms with E-state index in [4.69, 9.17) is 9.47 Å². The van der Waals surface area contributed by atoms with Gasteiger partial charge in [-0.25, -0.2) is 0 Å². The Balaban J connectivity index is 1.72. The van der Waals surface area contributed by atoms with Crippen LogP contribution in [0.3, 0.4) is 0 Å². The largest absolute Gasteiger partial charge is 0.497 e. The van der Waals surface area contributed by atoms with E-state index in [1.165, 1.54) is 4.90 Å². The summed E-state index contributed by atoms with van der Waals surface area (Å²) in [5.41, 5.74) is 0.